The maximum Gasteiger partial charge on any atom is 0.327 e. The van der Waals surface area contributed by atoms with Gasteiger partial charge in [-0.1, -0.05) is 29.8 Å². The molecule has 0 N–H and O–H groups in total. The van der Waals surface area contributed by atoms with Crippen LogP contribution in [0.2, 0.25) is 0 Å². The highest BCUT2D eigenvalue weighted by atomic mass is 16.5. The molecule has 1 aromatic carbocycles. The van der Waals surface area contributed by atoms with Crippen molar-refractivity contribution in [3.8, 4) is 0 Å². The van der Waals surface area contributed by atoms with E-state index in [1.165, 1.54) is 25.5 Å². The smallest absolute Gasteiger partial charge is 0.327 e. The molecule has 3 heteroatoms. The number of rotatable bonds is 3. The zero-order valence-corrected chi connectivity index (χ0v) is 10.5. The van der Waals surface area contributed by atoms with Crippen molar-refractivity contribution < 1.29 is 9.53 Å². The third-order valence-electron chi connectivity index (χ3n) is 3.29. The molecule has 1 aromatic rings. The molecule has 1 aliphatic heterocycles. The first-order chi connectivity index (χ1) is 8.22. The summed E-state index contributed by atoms with van der Waals surface area (Å²) in [4.78, 5) is 14.2. The molecule has 92 valence electrons. The molecule has 0 spiro atoms. The molecule has 3 nitrogen and oxygen atoms in total. The van der Waals surface area contributed by atoms with E-state index in [2.05, 4.69) is 11.0 Å². The van der Waals surface area contributed by atoms with Gasteiger partial charge in [0.15, 0.2) is 0 Å². The monoisotopic (exact) mass is 233 g/mol. The van der Waals surface area contributed by atoms with Crippen LogP contribution in [0.1, 0.15) is 30.0 Å². The topological polar surface area (TPSA) is 29.5 Å². The Morgan fingerprint density at radius 2 is 2.06 bits per heavy atom. The Morgan fingerprint density at radius 3 is 2.65 bits per heavy atom. The number of nitrogens with zero attached hydrogens (tertiary/aromatic N) is 1. The van der Waals surface area contributed by atoms with Crippen LogP contribution in [-0.2, 0) is 9.53 Å². The van der Waals surface area contributed by atoms with Crippen LogP contribution < -0.4 is 0 Å². The lowest BCUT2D eigenvalue weighted by atomic mass is 10.0. The molecule has 2 rings (SSSR count). The highest BCUT2D eigenvalue weighted by molar-refractivity contribution is 5.77. The van der Waals surface area contributed by atoms with Crippen molar-refractivity contribution in [1.82, 2.24) is 4.90 Å². The van der Waals surface area contributed by atoms with Crippen molar-refractivity contribution in [1.29, 1.82) is 0 Å². The van der Waals surface area contributed by atoms with Crippen molar-refractivity contribution in [2.24, 2.45) is 0 Å². The minimum atomic E-state index is -0.234. The van der Waals surface area contributed by atoms with E-state index in [0.717, 1.165) is 18.7 Å². The summed E-state index contributed by atoms with van der Waals surface area (Å²) in [6.07, 6.45) is 2.33. The molecule has 0 saturated carbocycles. The zero-order valence-electron chi connectivity index (χ0n) is 10.5. The summed E-state index contributed by atoms with van der Waals surface area (Å²) in [7, 11) is 1.46. The van der Waals surface area contributed by atoms with Crippen molar-refractivity contribution in [2.45, 2.75) is 25.8 Å². The Kier molecular flexibility index (Phi) is 3.79. The van der Waals surface area contributed by atoms with E-state index >= 15 is 0 Å². The fourth-order valence-corrected chi connectivity index (χ4v) is 2.45. The van der Waals surface area contributed by atoms with Gasteiger partial charge in [0.05, 0.1) is 7.11 Å². The predicted octanol–water partition coefficient (Wildman–Crippen LogP) is 2.30. The number of methoxy groups -OCH3 is 1. The molecule has 0 amide bonds. The number of hydrogen-bond donors (Lipinski definition) is 0. The lowest BCUT2D eigenvalue weighted by Crippen LogP contribution is -2.32. The molecule has 1 heterocycles. The summed E-state index contributed by atoms with van der Waals surface area (Å²) in [5.41, 5.74) is 2.22. The van der Waals surface area contributed by atoms with Gasteiger partial charge in [0, 0.05) is 0 Å². The van der Waals surface area contributed by atoms with Crippen molar-refractivity contribution >= 4 is 5.97 Å². The molecule has 0 bridgehead atoms. The van der Waals surface area contributed by atoms with E-state index in [0.29, 0.717) is 0 Å². The lowest BCUT2D eigenvalue weighted by Gasteiger charge is -2.25. The fraction of sp³-hybridized carbons (Fsp3) is 0.500. The van der Waals surface area contributed by atoms with Crippen molar-refractivity contribution in [2.75, 3.05) is 20.2 Å². The summed E-state index contributed by atoms with van der Waals surface area (Å²) in [5.74, 6) is -0.155. The molecule has 0 radical (unpaired) electrons. The first-order valence-electron chi connectivity index (χ1n) is 6.11. The molecule has 1 fully saturated rings. The molecule has 17 heavy (non-hydrogen) atoms. The number of hydrogen-bond acceptors (Lipinski definition) is 3. The van der Waals surface area contributed by atoms with Gasteiger partial charge in [-0.2, -0.15) is 0 Å². The van der Waals surface area contributed by atoms with Gasteiger partial charge in [-0.25, -0.2) is 4.79 Å². The van der Waals surface area contributed by atoms with Gasteiger partial charge in [-0.15, -0.1) is 0 Å². The molecular formula is C14H19NO2. The van der Waals surface area contributed by atoms with Crippen molar-refractivity contribution in [3.63, 3.8) is 0 Å². The molecule has 1 aliphatic rings. The highest BCUT2D eigenvalue weighted by Gasteiger charge is 2.30. The number of benzene rings is 1. The minimum Gasteiger partial charge on any atom is -0.468 e. The van der Waals surface area contributed by atoms with Crippen molar-refractivity contribution in [3.05, 3.63) is 35.4 Å². The second-order valence-corrected chi connectivity index (χ2v) is 4.58. The van der Waals surface area contributed by atoms with Gasteiger partial charge in [-0.3, -0.25) is 4.90 Å². The predicted molar refractivity (Wildman–Crippen MR) is 66.7 cm³/mol. The van der Waals surface area contributed by atoms with E-state index in [1.54, 1.807) is 0 Å². The average Bonchev–Trinajstić information content (AvgIpc) is 2.83. The fourth-order valence-electron chi connectivity index (χ4n) is 2.45. The van der Waals surface area contributed by atoms with E-state index in [4.69, 9.17) is 4.74 Å². The summed E-state index contributed by atoms with van der Waals surface area (Å²) in [6, 6.07) is 7.88. The van der Waals surface area contributed by atoms with Crippen LogP contribution in [0, 0.1) is 6.92 Å². The standard InChI is InChI=1S/C14H19NO2/c1-11-6-5-7-12(10-11)13(14(16)17-2)15-8-3-4-9-15/h5-7,10,13H,3-4,8-9H2,1-2H3. The lowest BCUT2D eigenvalue weighted by molar-refractivity contribution is -0.146. The number of likely N-dealkylation sites (tertiary alicyclic amines) is 1. The third-order valence-corrected chi connectivity index (χ3v) is 3.29. The number of ether oxygens (including phenoxy) is 1. The van der Waals surface area contributed by atoms with Gasteiger partial charge in [-0.05, 0) is 38.4 Å². The second-order valence-electron chi connectivity index (χ2n) is 4.58. The minimum absolute atomic E-state index is 0.155. The first-order valence-corrected chi connectivity index (χ1v) is 6.11. The van der Waals surface area contributed by atoms with Gasteiger partial charge in [0.2, 0.25) is 0 Å². The Balaban J connectivity index is 2.29. The quantitative estimate of drug-likeness (QED) is 0.750. The van der Waals surface area contributed by atoms with Crippen LogP contribution in [0.5, 0.6) is 0 Å². The summed E-state index contributed by atoms with van der Waals surface area (Å²) < 4.78 is 4.94. The number of carbonyl (C=O) groups is 1. The molecular weight excluding hydrogens is 214 g/mol. The van der Waals surface area contributed by atoms with Crippen LogP contribution >= 0.6 is 0 Å². The summed E-state index contributed by atoms with van der Waals surface area (Å²) >= 11 is 0. The maximum atomic E-state index is 11.9. The Bertz CT molecular complexity index is 397. The Labute approximate surface area is 102 Å². The third kappa shape index (κ3) is 2.67. The Morgan fingerprint density at radius 1 is 1.35 bits per heavy atom. The van der Waals surface area contributed by atoms with E-state index in [1.807, 2.05) is 25.1 Å². The number of carbonyl (C=O) groups excluding carboxylic acids is 1. The molecule has 1 atom stereocenters. The molecule has 0 aromatic heterocycles. The number of esters is 1. The largest absolute Gasteiger partial charge is 0.468 e. The Hall–Kier alpha value is -1.35. The van der Waals surface area contributed by atoms with Crippen LogP contribution in [0.3, 0.4) is 0 Å². The summed E-state index contributed by atoms with van der Waals surface area (Å²) in [5, 5.41) is 0. The zero-order chi connectivity index (χ0) is 12.3. The normalized spacial score (nSPS) is 18.0. The maximum absolute atomic E-state index is 11.9. The summed E-state index contributed by atoms with van der Waals surface area (Å²) in [6.45, 7) is 4.00. The van der Waals surface area contributed by atoms with Gasteiger partial charge >= 0.3 is 5.97 Å². The average molecular weight is 233 g/mol. The molecule has 0 aliphatic carbocycles. The first kappa shape index (κ1) is 12.1. The SMILES string of the molecule is COC(=O)C(c1cccc(C)c1)N1CCCC1. The van der Waals surface area contributed by atoms with Crippen LogP contribution in [0.4, 0.5) is 0 Å². The van der Waals surface area contributed by atoms with Crippen LogP contribution in [0.25, 0.3) is 0 Å². The van der Waals surface area contributed by atoms with Gasteiger partial charge in [0.1, 0.15) is 6.04 Å². The molecule has 1 unspecified atom stereocenters. The van der Waals surface area contributed by atoms with E-state index in [-0.39, 0.29) is 12.0 Å². The van der Waals surface area contributed by atoms with Crippen LogP contribution in [0.15, 0.2) is 24.3 Å². The van der Waals surface area contributed by atoms with Gasteiger partial charge in [0.25, 0.3) is 0 Å². The van der Waals surface area contributed by atoms with E-state index < -0.39 is 0 Å². The molecule has 1 saturated heterocycles. The second kappa shape index (κ2) is 5.32. The highest BCUT2D eigenvalue weighted by Crippen LogP contribution is 2.26. The van der Waals surface area contributed by atoms with Crippen LogP contribution in [-0.4, -0.2) is 31.1 Å². The number of aryl methyl sites for hydroxylation is 1. The van der Waals surface area contributed by atoms with E-state index in [9.17, 15) is 4.79 Å². The van der Waals surface area contributed by atoms with Gasteiger partial charge < -0.3 is 4.74 Å².